The second-order valence-corrected chi connectivity index (χ2v) is 6.17. The van der Waals surface area contributed by atoms with Crippen LogP contribution in [0.3, 0.4) is 0 Å². The lowest BCUT2D eigenvalue weighted by Gasteiger charge is -2.19. The molecule has 0 fully saturated rings. The molecule has 1 aromatic heterocycles. The fourth-order valence-corrected chi connectivity index (χ4v) is 2.94. The minimum atomic E-state index is 0.175. The van der Waals surface area contributed by atoms with Crippen molar-refractivity contribution >= 4 is 27.5 Å². The number of benzene rings is 1. The van der Waals surface area contributed by atoms with Crippen molar-refractivity contribution in [1.29, 1.82) is 0 Å². The van der Waals surface area contributed by atoms with E-state index in [1.807, 2.05) is 31.6 Å². The molecule has 1 aromatic carbocycles. The summed E-state index contributed by atoms with van der Waals surface area (Å²) in [6, 6.07) is 6.20. The molecule has 0 spiro atoms. The van der Waals surface area contributed by atoms with Gasteiger partial charge in [-0.2, -0.15) is 0 Å². The van der Waals surface area contributed by atoms with Gasteiger partial charge in [0.1, 0.15) is 5.82 Å². The molecule has 0 aliphatic heterocycles. The number of nitrogens with zero attached hydrogens (tertiary/aromatic N) is 2. The lowest BCUT2D eigenvalue weighted by Crippen LogP contribution is -2.26. The lowest BCUT2D eigenvalue weighted by atomic mass is 10.0. The van der Waals surface area contributed by atoms with Crippen LogP contribution in [0, 0.1) is 0 Å². The van der Waals surface area contributed by atoms with E-state index in [4.69, 9.17) is 11.6 Å². The predicted octanol–water partition coefficient (Wildman–Crippen LogP) is 4.12. The molecule has 3 nitrogen and oxygen atoms in total. The van der Waals surface area contributed by atoms with Crippen LogP contribution in [0.25, 0.3) is 0 Å². The van der Waals surface area contributed by atoms with Gasteiger partial charge in [-0.3, -0.25) is 0 Å². The second kappa shape index (κ2) is 7.25. The highest BCUT2D eigenvalue weighted by molar-refractivity contribution is 9.10. The molecule has 0 bridgehead atoms. The van der Waals surface area contributed by atoms with Crippen LogP contribution in [0.2, 0.25) is 5.02 Å². The Morgan fingerprint density at radius 2 is 2.25 bits per heavy atom. The van der Waals surface area contributed by atoms with E-state index in [1.165, 1.54) is 0 Å². The number of aromatic nitrogens is 2. The van der Waals surface area contributed by atoms with Gasteiger partial charge in [-0.1, -0.05) is 40.5 Å². The lowest BCUT2D eigenvalue weighted by molar-refractivity contribution is 0.491. The molecular weight excluding hydrogens is 338 g/mol. The molecule has 1 N–H and O–H groups in total. The van der Waals surface area contributed by atoms with E-state index in [1.54, 1.807) is 0 Å². The van der Waals surface area contributed by atoms with Crippen molar-refractivity contribution in [3.05, 3.63) is 51.5 Å². The first-order chi connectivity index (χ1) is 9.61. The largest absolute Gasteiger partial charge is 0.337 e. The molecule has 2 aromatic rings. The van der Waals surface area contributed by atoms with Crippen LogP contribution in [0.5, 0.6) is 0 Å². The maximum atomic E-state index is 6.32. The summed E-state index contributed by atoms with van der Waals surface area (Å²) < 4.78 is 3.06. The molecule has 0 amide bonds. The molecule has 0 aliphatic rings. The van der Waals surface area contributed by atoms with Crippen molar-refractivity contribution in [3.63, 3.8) is 0 Å². The van der Waals surface area contributed by atoms with Crippen LogP contribution in [-0.2, 0) is 13.5 Å². The minimum Gasteiger partial charge on any atom is -0.337 e. The van der Waals surface area contributed by atoms with Crippen molar-refractivity contribution in [2.45, 2.75) is 25.8 Å². The molecular formula is C15H19BrClN3. The fraction of sp³-hybridized carbons (Fsp3) is 0.400. The van der Waals surface area contributed by atoms with Gasteiger partial charge in [0.05, 0.1) is 6.04 Å². The van der Waals surface area contributed by atoms with Gasteiger partial charge in [0.15, 0.2) is 0 Å². The molecule has 1 heterocycles. The Labute approximate surface area is 133 Å². The number of aryl methyl sites for hydroxylation is 1. The molecule has 108 valence electrons. The van der Waals surface area contributed by atoms with Crippen LogP contribution in [0.15, 0.2) is 35.1 Å². The van der Waals surface area contributed by atoms with Crippen molar-refractivity contribution < 1.29 is 0 Å². The molecule has 2 rings (SSSR count). The predicted molar refractivity (Wildman–Crippen MR) is 87.1 cm³/mol. The quantitative estimate of drug-likeness (QED) is 0.844. The maximum Gasteiger partial charge on any atom is 0.125 e. The van der Waals surface area contributed by atoms with Gasteiger partial charge in [-0.05, 0) is 37.1 Å². The van der Waals surface area contributed by atoms with Gasteiger partial charge in [-0.25, -0.2) is 4.98 Å². The van der Waals surface area contributed by atoms with Crippen LogP contribution >= 0.6 is 27.5 Å². The summed E-state index contributed by atoms with van der Waals surface area (Å²) in [6.07, 6.45) is 5.73. The van der Waals surface area contributed by atoms with Gasteiger partial charge in [0, 0.05) is 28.9 Å². The topological polar surface area (TPSA) is 29.9 Å². The average Bonchev–Trinajstić information content (AvgIpc) is 2.83. The number of nitrogens with one attached hydrogen (secondary N) is 1. The zero-order chi connectivity index (χ0) is 14.5. The van der Waals surface area contributed by atoms with Gasteiger partial charge in [0.25, 0.3) is 0 Å². The average molecular weight is 357 g/mol. The second-order valence-electron chi connectivity index (χ2n) is 4.84. The third-order valence-electron chi connectivity index (χ3n) is 3.25. The summed E-state index contributed by atoms with van der Waals surface area (Å²) in [5.41, 5.74) is 1.13. The molecule has 1 unspecified atom stereocenters. The molecule has 0 aliphatic carbocycles. The maximum absolute atomic E-state index is 6.32. The smallest absolute Gasteiger partial charge is 0.125 e. The first-order valence-corrected chi connectivity index (χ1v) is 7.93. The fourth-order valence-electron chi connectivity index (χ4n) is 2.19. The standard InChI is InChI=1S/C15H19BrClN3/c1-3-6-18-14(15-19-7-8-20(15)2)9-11-4-5-12(16)10-13(11)17/h4-5,7-8,10,14,18H,3,6,9H2,1-2H3. The number of rotatable bonds is 6. The van der Waals surface area contributed by atoms with Crippen molar-refractivity contribution in [1.82, 2.24) is 14.9 Å². The molecule has 0 saturated heterocycles. The van der Waals surface area contributed by atoms with Crippen LogP contribution in [-0.4, -0.2) is 16.1 Å². The van der Waals surface area contributed by atoms with Crippen LogP contribution < -0.4 is 5.32 Å². The monoisotopic (exact) mass is 355 g/mol. The molecule has 20 heavy (non-hydrogen) atoms. The van der Waals surface area contributed by atoms with E-state index in [-0.39, 0.29) is 6.04 Å². The Bertz CT molecular complexity index is 568. The first-order valence-electron chi connectivity index (χ1n) is 6.76. The van der Waals surface area contributed by atoms with E-state index in [9.17, 15) is 0 Å². The third-order valence-corrected chi connectivity index (χ3v) is 4.10. The summed E-state index contributed by atoms with van der Waals surface area (Å²) in [5, 5.41) is 4.34. The van der Waals surface area contributed by atoms with Crippen molar-refractivity contribution in [2.75, 3.05) is 6.54 Å². The number of hydrogen-bond acceptors (Lipinski definition) is 2. The zero-order valence-corrected chi connectivity index (χ0v) is 14.1. The van der Waals surface area contributed by atoms with Gasteiger partial charge in [-0.15, -0.1) is 0 Å². The highest BCUT2D eigenvalue weighted by atomic mass is 79.9. The highest BCUT2D eigenvalue weighted by Gasteiger charge is 2.17. The van der Waals surface area contributed by atoms with Crippen LogP contribution in [0.4, 0.5) is 0 Å². The number of halogens is 2. The van der Waals surface area contributed by atoms with Gasteiger partial charge < -0.3 is 9.88 Å². The summed E-state index contributed by atoms with van der Waals surface area (Å²) in [5.74, 6) is 1.04. The van der Waals surface area contributed by atoms with E-state index in [2.05, 4.69) is 43.8 Å². The molecule has 1 atom stereocenters. The van der Waals surface area contributed by atoms with E-state index in [0.29, 0.717) is 0 Å². The Morgan fingerprint density at radius 1 is 1.45 bits per heavy atom. The Kier molecular flexibility index (Phi) is 5.64. The van der Waals surface area contributed by atoms with Gasteiger partial charge in [0.2, 0.25) is 0 Å². The summed E-state index contributed by atoms with van der Waals surface area (Å²) in [4.78, 5) is 4.46. The van der Waals surface area contributed by atoms with Crippen LogP contribution in [0.1, 0.15) is 30.8 Å². The molecule has 5 heteroatoms. The zero-order valence-electron chi connectivity index (χ0n) is 11.7. The minimum absolute atomic E-state index is 0.175. The Hall–Kier alpha value is -0.840. The van der Waals surface area contributed by atoms with Crippen molar-refractivity contribution in [2.24, 2.45) is 7.05 Å². The summed E-state index contributed by atoms with van der Waals surface area (Å²) in [6.45, 7) is 3.13. The van der Waals surface area contributed by atoms with E-state index < -0.39 is 0 Å². The number of imidazole rings is 1. The molecule has 0 radical (unpaired) electrons. The normalized spacial score (nSPS) is 12.6. The Balaban J connectivity index is 2.21. The van der Waals surface area contributed by atoms with E-state index >= 15 is 0 Å². The Morgan fingerprint density at radius 3 is 2.85 bits per heavy atom. The first kappa shape index (κ1) is 15.5. The SMILES string of the molecule is CCCNC(Cc1ccc(Br)cc1Cl)c1nccn1C. The van der Waals surface area contributed by atoms with E-state index in [0.717, 1.165) is 40.3 Å². The van der Waals surface area contributed by atoms with Gasteiger partial charge >= 0.3 is 0 Å². The molecule has 0 saturated carbocycles. The highest BCUT2D eigenvalue weighted by Crippen LogP contribution is 2.25. The summed E-state index contributed by atoms with van der Waals surface area (Å²) in [7, 11) is 2.02. The van der Waals surface area contributed by atoms with Crippen molar-refractivity contribution in [3.8, 4) is 0 Å². The summed E-state index contributed by atoms with van der Waals surface area (Å²) >= 11 is 9.76. The number of hydrogen-bond donors (Lipinski definition) is 1. The third kappa shape index (κ3) is 3.84.